The second kappa shape index (κ2) is 6.42. The van der Waals surface area contributed by atoms with Crippen LogP contribution in [0, 0.1) is 11.3 Å². The maximum Gasteiger partial charge on any atom is 0.170 e. The summed E-state index contributed by atoms with van der Waals surface area (Å²) in [5.74, 6) is 3.51. The van der Waals surface area contributed by atoms with Gasteiger partial charge >= 0.3 is 0 Å². The van der Waals surface area contributed by atoms with Gasteiger partial charge in [-0.15, -0.1) is 0 Å². The number of nitriles is 1. The fourth-order valence-corrected chi connectivity index (χ4v) is 0.806. The summed E-state index contributed by atoms with van der Waals surface area (Å²) in [6.45, 7) is 0. The van der Waals surface area contributed by atoms with Crippen molar-refractivity contribution in [2.75, 3.05) is 0 Å². The highest BCUT2D eigenvalue weighted by Gasteiger charge is 1.98. The van der Waals surface area contributed by atoms with Gasteiger partial charge in [0.2, 0.25) is 0 Å². The van der Waals surface area contributed by atoms with E-state index in [9.17, 15) is 0 Å². The number of nitrogens with two attached hydrogens (primary N) is 2. The number of oxime groups is 1. The van der Waals surface area contributed by atoms with Gasteiger partial charge in [0.25, 0.3) is 0 Å². The Labute approximate surface area is 80.6 Å². The average Bonchev–Trinajstić information content (AvgIpc) is 2.30. The summed E-state index contributed by atoms with van der Waals surface area (Å²) in [6, 6.07) is 8.49. The van der Waals surface area contributed by atoms with Crippen molar-refractivity contribution in [1.29, 1.82) is 5.26 Å². The van der Waals surface area contributed by atoms with E-state index >= 15 is 0 Å². The third-order valence-corrected chi connectivity index (χ3v) is 1.40. The average molecular weight is 194 g/mol. The highest BCUT2D eigenvalue weighted by molar-refractivity contribution is 5.97. The van der Waals surface area contributed by atoms with Crippen molar-refractivity contribution in [2.45, 2.75) is 0 Å². The van der Waals surface area contributed by atoms with Crippen molar-refractivity contribution in [2.24, 2.45) is 16.8 Å². The van der Waals surface area contributed by atoms with E-state index < -0.39 is 0 Å². The highest BCUT2D eigenvalue weighted by atomic mass is 16.4. The van der Waals surface area contributed by atoms with Crippen molar-refractivity contribution >= 4 is 5.84 Å². The molecule has 6 heteroatoms. The van der Waals surface area contributed by atoms with Crippen LogP contribution in [0.3, 0.4) is 0 Å². The molecule has 0 saturated heterocycles. The Kier molecular flexibility index (Phi) is 5.46. The molecule has 0 atom stereocenters. The molecule has 6 N–H and O–H groups in total. The Hall–Kier alpha value is -2.10. The van der Waals surface area contributed by atoms with Crippen LogP contribution in [-0.4, -0.2) is 16.3 Å². The number of benzene rings is 1. The lowest BCUT2D eigenvalue weighted by atomic mass is 10.1. The Morgan fingerprint density at radius 3 is 2.57 bits per heavy atom. The monoisotopic (exact) mass is 194 g/mol. The molecule has 1 rings (SSSR count). The molecule has 0 amide bonds. The first-order chi connectivity index (χ1) is 6.77. The fraction of sp³-hybridized carbons (Fsp3) is 0. The van der Waals surface area contributed by atoms with E-state index in [2.05, 4.69) is 11.1 Å². The third kappa shape index (κ3) is 3.10. The molecule has 0 spiro atoms. The van der Waals surface area contributed by atoms with Crippen molar-refractivity contribution in [3.05, 3.63) is 35.4 Å². The summed E-state index contributed by atoms with van der Waals surface area (Å²) in [4.78, 5) is 0. The molecule has 0 aliphatic carbocycles. The molecule has 0 heterocycles. The van der Waals surface area contributed by atoms with E-state index in [-0.39, 0.29) is 5.84 Å². The highest BCUT2D eigenvalue weighted by Crippen LogP contribution is 2.02. The minimum absolute atomic E-state index is 0.00657. The smallest absolute Gasteiger partial charge is 0.170 e. The Balaban J connectivity index is 0.000000791. The molecule has 0 saturated carbocycles. The molecule has 1 aromatic rings. The molecule has 1 aromatic carbocycles. The minimum Gasteiger partial charge on any atom is -0.409 e. The van der Waals surface area contributed by atoms with Crippen LogP contribution in [-0.2, 0) is 0 Å². The van der Waals surface area contributed by atoms with E-state index in [1.165, 1.54) is 0 Å². The van der Waals surface area contributed by atoms with Gasteiger partial charge in [-0.25, -0.2) is 5.90 Å². The normalized spacial score (nSPS) is 9.64. The SMILES string of the molecule is N#Cc1cccc(C(N)=NO)c1.NO. The summed E-state index contributed by atoms with van der Waals surface area (Å²) in [6.07, 6.45) is 0. The number of hydrogen-bond donors (Lipinski definition) is 4. The largest absolute Gasteiger partial charge is 0.409 e. The molecule has 0 unspecified atom stereocenters. The predicted molar refractivity (Wildman–Crippen MR) is 49.6 cm³/mol. The van der Waals surface area contributed by atoms with E-state index in [1.54, 1.807) is 24.3 Å². The van der Waals surface area contributed by atoms with E-state index in [4.69, 9.17) is 21.4 Å². The lowest BCUT2D eigenvalue weighted by molar-refractivity contribution is 0.311. The van der Waals surface area contributed by atoms with Gasteiger partial charge in [0.1, 0.15) is 0 Å². The molecule has 14 heavy (non-hydrogen) atoms. The number of nitrogens with zero attached hydrogens (tertiary/aromatic N) is 2. The van der Waals surface area contributed by atoms with Crippen LogP contribution in [0.25, 0.3) is 0 Å². The zero-order valence-electron chi connectivity index (χ0n) is 7.25. The molecule has 0 aromatic heterocycles. The van der Waals surface area contributed by atoms with Gasteiger partial charge in [-0.05, 0) is 12.1 Å². The second-order valence-corrected chi connectivity index (χ2v) is 2.18. The van der Waals surface area contributed by atoms with Gasteiger partial charge in [-0.2, -0.15) is 5.26 Å². The lowest BCUT2D eigenvalue weighted by Crippen LogP contribution is -2.12. The summed E-state index contributed by atoms with van der Waals surface area (Å²) in [5.41, 5.74) is 6.33. The molecule has 0 radical (unpaired) electrons. The quantitative estimate of drug-likeness (QED) is 0.216. The summed E-state index contributed by atoms with van der Waals surface area (Å²) >= 11 is 0. The first kappa shape index (κ1) is 11.9. The molecular formula is C8H10N4O2. The zero-order valence-corrected chi connectivity index (χ0v) is 7.25. The van der Waals surface area contributed by atoms with Crippen LogP contribution in [0.2, 0.25) is 0 Å². The minimum atomic E-state index is 0.00657. The fourth-order valence-electron chi connectivity index (χ4n) is 0.806. The van der Waals surface area contributed by atoms with Crippen molar-refractivity contribution in [3.63, 3.8) is 0 Å². The van der Waals surface area contributed by atoms with Crippen LogP contribution in [0.1, 0.15) is 11.1 Å². The third-order valence-electron chi connectivity index (χ3n) is 1.40. The Bertz CT molecular complexity index is 357. The van der Waals surface area contributed by atoms with Crippen molar-refractivity contribution < 1.29 is 10.4 Å². The van der Waals surface area contributed by atoms with Crippen molar-refractivity contribution in [3.8, 4) is 6.07 Å². The second-order valence-electron chi connectivity index (χ2n) is 2.18. The maximum atomic E-state index is 8.52. The van der Waals surface area contributed by atoms with Gasteiger partial charge < -0.3 is 16.1 Å². The standard InChI is InChI=1S/C8H7N3O.H3NO/c9-5-6-2-1-3-7(4-6)8(10)11-12;1-2/h1-4,12H,(H2,10,11);2H,1H2. The molecule has 0 fully saturated rings. The predicted octanol–water partition coefficient (Wildman–Crippen LogP) is -0.0129. The first-order valence-corrected chi connectivity index (χ1v) is 3.52. The molecular weight excluding hydrogens is 184 g/mol. The lowest BCUT2D eigenvalue weighted by Gasteiger charge is -1.96. The van der Waals surface area contributed by atoms with Crippen LogP contribution in [0.5, 0.6) is 0 Å². The summed E-state index contributed by atoms with van der Waals surface area (Å²) in [7, 11) is 0. The van der Waals surface area contributed by atoms with Crippen LogP contribution in [0.15, 0.2) is 29.4 Å². The van der Waals surface area contributed by atoms with Gasteiger partial charge in [0, 0.05) is 5.56 Å². The zero-order chi connectivity index (χ0) is 11.0. The van der Waals surface area contributed by atoms with E-state index in [0.29, 0.717) is 11.1 Å². The summed E-state index contributed by atoms with van der Waals surface area (Å²) in [5, 5.41) is 26.2. The van der Waals surface area contributed by atoms with Gasteiger partial charge in [-0.1, -0.05) is 17.3 Å². The molecule has 0 aliphatic rings. The van der Waals surface area contributed by atoms with Crippen LogP contribution in [0.4, 0.5) is 0 Å². The Morgan fingerprint density at radius 1 is 1.43 bits per heavy atom. The van der Waals surface area contributed by atoms with Gasteiger partial charge in [-0.3, -0.25) is 0 Å². The Morgan fingerprint density at radius 2 is 2.07 bits per heavy atom. The molecule has 0 aliphatic heterocycles. The summed E-state index contributed by atoms with van der Waals surface area (Å²) < 4.78 is 0. The number of hydrogen-bond acceptors (Lipinski definition) is 5. The van der Waals surface area contributed by atoms with Crippen LogP contribution < -0.4 is 11.6 Å². The van der Waals surface area contributed by atoms with E-state index in [0.717, 1.165) is 0 Å². The van der Waals surface area contributed by atoms with Gasteiger partial charge in [0.05, 0.1) is 11.6 Å². The molecule has 0 bridgehead atoms. The van der Waals surface area contributed by atoms with Crippen LogP contribution >= 0.6 is 0 Å². The number of amidine groups is 1. The maximum absolute atomic E-state index is 8.52. The van der Waals surface area contributed by atoms with Crippen molar-refractivity contribution in [1.82, 2.24) is 0 Å². The molecule has 6 nitrogen and oxygen atoms in total. The number of rotatable bonds is 1. The van der Waals surface area contributed by atoms with Gasteiger partial charge in [0.15, 0.2) is 5.84 Å². The first-order valence-electron chi connectivity index (χ1n) is 3.52. The van der Waals surface area contributed by atoms with E-state index in [1.807, 2.05) is 6.07 Å². The topological polar surface area (TPSA) is 129 Å². The molecule has 74 valence electrons.